The summed E-state index contributed by atoms with van der Waals surface area (Å²) in [6.45, 7) is 1.60. The van der Waals surface area contributed by atoms with E-state index in [1.807, 2.05) is 49.4 Å². The van der Waals surface area contributed by atoms with Gasteiger partial charge in [-0.25, -0.2) is 4.79 Å². The lowest BCUT2D eigenvalue weighted by Gasteiger charge is -2.00. The molecule has 120 valence electrons. The molecular weight excluding hydrogens is 304 g/mol. The minimum atomic E-state index is -0.567. The average molecular weight is 320 g/mol. The molecule has 0 spiro atoms. The molecule has 1 aromatic heterocycles. The smallest absolute Gasteiger partial charge is 0.331 e. The Hall–Kier alpha value is -3.14. The van der Waals surface area contributed by atoms with Crippen LogP contribution in [0.15, 0.2) is 65.1 Å². The van der Waals surface area contributed by atoms with Crippen LogP contribution >= 0.6 is 0 Å². The number of Topliss-reactive ketones (excluding diaryl/α,β-unsaturated/α-hetero) is 1. The predicted octanol–water partition coefficient (Wildman–Crippen LogP) is 4.18. The summed E-state index contributed by atoms with van der Waals surface area (Å²) in [6.07, 6.45) is 2.98. The zero-order valence-corrected chi connectivity index (χ0v) is 13.2. The topological polar surface area (TPSA) is 56.5 Å². The highest BCUT2D eigenvalue weighted by Crippen LogP contribution is 2.19. The molecule has 3 rings (SSSR count). The number of fused-ring (bicyclic) bond motifs is 1. The molecule has 3 aromatic rings. The van der Waals surface area contributed by atoms with Crippen LogP contribution in [0, 0.1) is 6.92 Å². The molecule has 0 saturated heterocycles. The Morgan fingerprint density at radius 2 is 1.83 bits per heavy atom. The van der Waals surface area contributed by atoms with E-state index < -0.39 is 5.97 Å². The van der Waals surface area contributed by atoms with Gasteiger partial charge in [0.2, 0.25) is 5.78 Å². The maximum atomic E-state index is 12.1. The molecule has 24 heavy (non-hydrogen) atoms. The summed E-state index contributed by atoms with van der Waals surface area (Å²) in [5, 5.41) is 0.839. The fraction of sp³-hybridized carbons (Fsp3) is 0.100. The minimum Gasteiger partial charge on any atom is -0.454 e. The predicted molar refractivity (Wildman–Crippen MR) is 91.7 cm³/mol. The van der Waals surface area contributed by atoms with Crippen LogP contribution in [-0.4, -0.2) is 18.4 Å². The first-order chi connectivity index (χ1) is 11.6. The van der Waals surface area contributed by atoms with Crippen molar-refractivity contribution in [3.05, 3.63) is 77.6 Å². The van der Waals surface area contributed by atoms with Crippen LogP contribution in [0.4, 0.5) is 0 Å². The molecule has 0 N–H and O–H groups in total. The van der Waals surface area contributed by atoms with Gasteiger partial charge < -0.3 is 9.15 Å². The summed E-state index contributed by atoms with van der Waals surface area (Å²) < 4.78 is 10.4. The first kappa shape index (κ1) is 15.7. The second-order valence-electron chi connectivity index (χ2n) is 5.37. The quantitative estimate of drug-likeness (QED) is 0.402. The number of hydrogen-bond donors (Lipinski definition) is 0. The summed E-state index contributed by atoms with van der Waals surface area (Å²) in [4.78, 5) is 23.8. The van der Waals surface area contributed by atoms with Crippen molar-refractivity contribution in [3.63, 3.8) is 0 Å². The van der Waals surface area contributed by atoms with E-state index in [9.17, 15) is 9.59 Å². The van der Waals surface area contributed by atoms with Gasteiger partial charge in [-0.2, -0.15) is 0 Å². The Labute approximate surface area is 139 Å². The van der Waals surface area contributed by atoms with E-state index in [-0.39, 0.29) is 18.2 Å². The van der Waals surface area contributed by atoms with Crippen molar-refractivity contribution in [2.75, 3.05) is 6.61 Å². The third-order valence-electron chi connectivity index (χ3n) is 3.63. The maximum Gasteiger partial charge on any atom is 0.331 e. The Morgan fingerprint density at radius 1 is 1.08 bits per heavy atom. The number of ether oxygens (including phenoxy) is 1. The average Bonchev–Trinajstić information content (AvgIpc) is 3.03. The molecule has 2 aromatic carbocycles. The van der Waals surface area contributed by atoms with Crippen molar-refractivity contribution in [3.8, 4) is 0 Å². The van der Waals surface area contributed by atoms with Crippen molar-refractivity contribution in [2.45, 2.75) is 6.92 Å². The molecule has 0 atom stereocenters. The third-order valence-corrected chi connectivity index (χ3v) is 3.63. The third kappa shape index (κ3) is 3.60. The second-order valence-corrected chi connectivity index (χ2v) is 5.37. The van der Waals surface area contributed by atoms with Crippen LogP contribution in [0.3, 0.4) is 0 Å². The summed E-state index contributed by atoms with van der Waals surface area (Å²) in [5.41, 5.74) is 2.62. The molecule has 0 saturated carbocycles. The van der Waals surface area contributed by atoms with E-state index in [0.29, 0.717) is 5.58 Å². The summed E-state index contributed by atoms with van der Waals surface area (Å²) in [5.74, 6) is -0.751. The number of benzene rings is 2. The van der Waals surface area contributed by atoms with E-state index in [0.717, 1.165) is 16.5 Å². The van der Waals surface area contributed by atoms with Gasteiger partial charge in [0.1, 0.15) is 5.58 Å². The molecule has 0 bridgehead atoms. The van der Waals surface area contributed by atoms with Crippen molar-refractivity contribution in [1.82, 2.24) is 0 Å². The number of furan rings is 1. The van der Waals surface area contributed by atoms with E-state index in [2.05, 4.69) is 0 Å². The van der Waals surface area contributed by atoms with Crippen LogP contribution in [0.1, 0.15) is 21.7 Å². The van der Waals surface area contributed by atoms with E-state index in [1.54, 1.807) is 18.2 Å². The molecule has 4 nitrogen and oxygen atoms in total. The molecular formula is C20H16O4. The molecule has 0 aliphatic rings. The van der Waals surface area contributed by atoms with Gasteiger partial charge in [0.15, 0.2) is 12.4 Å². The lowest BCUT2D eigenvalue weighted by atomic mass is 10.1. The molecule has 0 amide bonds. The SMILES string of the molecule is Cc1ccccc1/C=C/C(=O)OCC(=O)c1cc2ccccc2o1. The van der Waals surface area contributed by atoms with Crippen LogP contribution in [-0.2, 0) is 9.53 Å². The van der Waals surface area contributed by atoms with Gasteiger partial charge in [-0.15, -0.1) is 0 Å². The van der Waals surface area contributed by atoms with E-state index in [4.69, 9.17) is 9.15 Å². The van der Waals surface area contributed by atoms with Crippen molar-refractivity contribution < 1.29 is 18.7 Å². The molecule has 0 radical (unpaired) electrons. The first-order valence-electron chi connectivity index (χ1n) is 7.56. The number of aryl methyl sites for hydroxylation is 1. The molecule has 0 fully saturated rings. The zero-order chi connectivity index (χ0) is 16.9. The normalized spacial score (nSPS) is 11.0. The largest absolute Gasteiger partial charge is 0.454 e. The highest BCUT2D eigenvalue weighted by atomic mass is 16.5. The summed E-state index contributed by atoms with van der Waals surface area (Å²) in [6, 6.07) is 16.7. The number of esters is 1. The molecule has 1 heterocycles. The standard InChI is InChI=1S/C20H16O4/c1-14-6-2-3-7-15(14)10-11-20(22)23-13-17(21)19-12-16-8-4-5-9-18(16)24-19/h2-12H,13H2,1H3/b11-10+. The van der Waals surface area contributed by atoms with Crippen molar-refractivity contribution >= 4 is 28.8 Å². The number of hydrogen-bond acceptors (Lipinski definition) is 4. The number of ketones is 1. The minimum absolute atomic E-state index is 0.187. The van der Waals surface area contributed by atoms with Gasteiger partial charge in [0.25, 0.3) is 0 Å². The van der Waals surface area contributed by atoms with E-state index >= 15 is 0 Å². The summed E-state index contributed by atoms with van der Waals surface area (Å²) in [7, 11) is 0. The van der Waals surface area contributed by atoms with Gasteiger partial charge in [0, 0.05) is 11.5 Å². The first-order valence-corrected chi connectivity index (χ1v) is 7.56. The summed E-state index contributed by atoms with van der Waals surface area (Å²) >= 11 is 0. The fourth-order valence-electron chi connectivity index (χ4n) is 2.31. The fourth-order valence-corrected chi connectivity index (χ4v) is 2.31. The van der Waals surface area contributed by atoms with Gasteiger partial charge in [-0.3, -0.25) is 4.79 Å². The lowest BCUT2D eigenvalue weighted by molar-refractivity contribution is -0.136. The molecule has 4 heteroatoms. The molecule has 0 aliphatic heterocycles. The van der Waals surface area contributed by atoms with Crippen LogP contribution < -0.4 is 0 Å². The van der Waals surface area contributed by atoms with Gasteiger partial charge >= 0.3 is 5.97 Å². The van der Waals surface area contributed by atoms with Gasteiger partial charge in [-0.1, -0.05) is 42.5 Å². The Balaban J connectivity index is 1.59. The number of carbonyl (C=O) groups excluding carboxylic acids is 2. The van der Waals surface area contributed by atoms with Crippen LogP contribution in [0.2, 0.25) is 0 Å². The molecule has 0 aliphatic carbocycles. The van der Waals surface area contributed by atoms with Crippen LogP contribution in [0.5, 0.6) is 0 Å². The van der Waals surface area contributed by atoms with Gasteiger partial charge in [0.05, 0.1) is 0 Å². The number of carbonyl (C=O) groups is 2. The van der Waals surface area contributed by atoms with E-state index in [1.165, 1.54) is 6.08 Å². The van der Waals surface area contributed by atoms with Crippen molar-refractivity contribution in [2.24, 2.45) is 0 Å². The van der Waals surface area contributed by atoms with Gasteiger partial charge in [-0.05, 0) is 36.3 Å². The lowest BCUT2D eigenvalue weighted by Crippen LogP contribution is -2.11. The number of rotatable bonds is 5. The van der Waals surface area contributed by atoms with Crippen LogP contribution in [0.25, 0.3) is 17.0 Å². The number of para-hydroxylation sites is 1. The zero-order valence-electron chi connectivity index (χ0n) is 13.2. The van der Waals surface area contributed by atoms with Crippen molar-refractivity contribution in [1.29, 1.82) is 0 Å². The molecule has 0 unspecified atom stereocenters. The Bertz CT molecular complexity index is 885. The highest BCUT2D eigenvalue weighted by molar-refractivity contribution is 5.99. The Kier molecular flexibility index (Phi) is 4.57. The Morgan fingerprint density at radius 3 is 2.62 bits per heavy atom. The maximum absolute atomic E-state index is 12.1. The highest BCUT2D eigenvalue weighted by Gasteiger charge is 2.13. The monoisotopic (exact) mass is 320 g/mol. The second kappa shape index (κ2) is 6.96.